The van der Waals surface area contributed by atoms with Crippen molar-refractivity contribution in [2.45, 2.75) is 5.16 Å². The van der Waals surface area contributed by atoms with Crippen LogP contribution in [0.5, 0.6) is 0 Å². The summed E-state index contributed by atoms with van der Waals surface area (Å²) in [5, 5.41) is 10.1. The first-order valence-electron chi connectivity index (χ1n) is 7.63. The zero-order valence-electron chi connectivity index (χ0n) is 13.4. The fourth-order valence-electron chi connectivity index (χ4n) is 2.04. The standard InChI is InChI=1S/C18H14ClFN4OS/c19-14-10-13(20)7-8-15(14)21-17(25)11-26-18-22-16(23-24-18)9-6-12-4-2-1-3-5-12/h1-10H,11H2,(H,21,25)(H,22,23,24)/b9-6+. The Labute approximate surface area is 158 Å². The summed E-state index contributed by atoms with van der Waals surface area (Å²) >= 11 is 7.06. The van der Waals surface area contributed by atoms with Gasteiger partial charge in [-0.25, -0.2) is 9.37 Å². The largest absolute Gasteiger partial charge is 0.324 e. The highest BCUT2D eigenvalue weighted by atomic mass is 35.5. The number of H-pyrrole nitrogens is 1. The molecule has 0 fully saturated rings. The van der Waals surface area contributed by atoms with E-state index in [0.29, 0.717) is 16.7 Å². The summed E-state index contributed by atoms with van der Waals surface area (Å²) in [4.78, 5) is 16.3. The molecule has 8 heteroatoms. The maximum Gasteiger partial charge on any atom is 0.234 e. The number of aromatic nitrogens is 3. The fourth-order valence-corrected chi connectivity index (χ4v) is 2.86. The monoisotopic (exact) mass is 388 g/mol. The van der Waals surface area contributed by atoms with Crippen LogP contribution in [-0.4, -0.2) is 26.8 Å². The van der Waals surface area contributed by atoms with E-state index in [1.807, 2.05) is 42.5 Å². The number of anilines is 1. The lowest BCUT2D eigenvalue weighted by atomic mass is 10.2. The van der Waals surface area contributed by atoms with Gasteiger partial charge in [0, 0.05) is 0 Å². The van der Waals surface area contributed by atoms with Gasteiger partial charge in [-0.05, 0) is 29.8 Å². The average molecular weight is 389 g/mol. The Morgan fingerprint density at radius 1 is 1.23 bits per heavy atom. The van der Waals surface area contributed by atoms with Crippen LogP contribution < -0.4 is 5.32 Å². The number of aromatic amines is 1. The molecule has 5 nitrogen and oxygen atoms in total. The highest BCUT2D eigenvalue weighted by Gasteiger charge is 2.09. The van der Waals surface area contributed by atoms with Crippen LogP contribution in [-0.2, 0) is 4.79 Å². The van der Waals surface area contributed by atoms with E-state index in [1.165, 1.54) is 23.9 Å². The molecule has 0 bridgehead atoms. The van der Waals surface area contributed by atoms with E-state index in [0.717, 1.165) is 11.6 Å². The van der Waals surface area contributed by atoms with Gasteiger partial charge in [-0.3, -0.25) is 9.89 Å². The van der Waals surface area contributed by atoms with Gasteiger partial charge in [-0.2, -0.15) is 0 Å². The van der Waals surface area contributed by atoms with Crippen molar-refractivity contribution in [1.29, 1.82) is 0 Å². The maximum atomic E-state index is 13.0. The van der Waals surface area contributed by atoms with Crippen LogP contribution in [0, 0.1) is 5.82 Å². The van der Waals surface area contributed by atoms with Crippen LogP contribution in [0.1, 0.15) is 11.4 Å². The number of nitrogens with one attached hydrogen (secondary N) is 2. The number of rotatable bonds is 6. The Hall–Kier alpha value is -2.64. The normalized spacial score (nSPS) is 11.0. The van der Waals surface area contributed by atoms with Crippen molar-refractivity contribution in [3.8, 4) is 0 Å². The number of hydrogen-bond donors (Lipinski definition) is 2. The van der Waals surface area contributed by atoms with Gasteiger partial charge in [0.2, 0.25) is 11.1 Å². The van der Waals surface area contributed by atoms with Gasteiger partial charge in [0.25, 0.3) is 0 Å². The average Bonchev–Trinajstić information content (AvgIpc) is 3.09. The van der Waals surface area contributed by atoms with E-state index >= 15 is 0 Å². The molecule has 2 aromatic carbocycles. The topological polar surface area (TPSA) is 70.7 Å². The minimum Gasteiger partial charge on any atom is -0.324 e. The first-order chi connectivity index (χ1) is 12.6. The van der Waals surface area contributed by atoms with E-state index in [-0.39, 0.29) is 16.7 Å². The summed E-state index contributed by atoms with van der Waals surface area (Å²) in [6.07, 6.45) is 3.73. The molecule has 0 aliphatic carbocycles. The summed E-state index contributed by atoms with van der Waals surface area (Å²) in [5.74, 6) is -0.0415. The summed E-state index contributed by atoms with van der Waals surface area (Å²) in [6, 6.07) is 13.6. The van der Waals surface area contributed by atoms with Crippen LogP contribution in [0.25, 0.3) is 12.2 Å². The van der Waals surface area contributed by atoms with Crippen LogP contribution >= 0.6 is 23.4 Å². The van der Waals surface area contributed by atoms with E-state index in [9.17, 15) is 9.18 Å². The van der Waals surface area contributed by atoms with E-state index in [2.05, 4.69) is 20.5 Å². The van der Waals surface area contributed by atoms with Crippen LogP contribution in [0.3, 0.4) is 0 Å². The number of halogens is 2. The molecule has 26 heavy (non-hydrogen) atoms. The molecule has 0 atom stereocenters. The minimum absolute atomic E-state index is 0.105. The first-order valence-corrected chi connectivity index (χ1v) is 9.00. The number of carbonyl (C=O) groups excluding carboxylic acids is 1. The summed E-state index contributed by atoms with van der Waals surface area (Å²) in [5.41, 5.74) is 1.41. The molecule has 0 aliphatic heterocycles. The molecule has 0 radical (unpaired) electrons. The molecule has 3 aromatic rings. The molecular weight excluding hydrogens is 375 g/mol. The Balaban J connectivity index is 1.53. The quantitative estimate of drug-likeness (QED) is 0.610. The second-order valence-electron chi connectivity index (χ2n) is 5.21. The summed E-state index contributed by atoms with van der Waals surface area (Å²) in [7, 11) is 0. The second kappa shape index (κ2) is 8.64. The highest BCUT2D eigenvalue weighted by Crippen LogP contribution is 2.23. The molecule has 2 N–H and O–H groups in total. The van der Waals surface area contributed by atoms with Crippen LogP contribution in [0.2, 0.25) is 5.02 Å². The van der Waals surface area contributed by atoms with Crippen molar-refractivity contribution in [3.05, 3.63) is 70.8 Å². The van der Waals surface area contributed by atoms with Crippen molar-refractivity contribution in [2.75, 3.05) is 11.1 Å². The Bertz CT molecular complexity index is 930. The van der Waals surface area contributed by atoms with E-state index < -0.39 is 5.82 Å². The van der Waals surface area contributed by atoms with Gasteiger partial charge < -0.3 is 5.32 Å². The Kier molecular flexibility index (Phi) is 6.04. The predicted molar refractivity (Wildman–Crippen MR) is 103 cm³/mol. The fraction of sp³-hybridized carbons (Fsp3) is 0.0556. The third-order valence-electron chi connectivity index (χ3n) is 3.25. The Morgan fingerprint density at radius 3 is 2.81 bits per heavy atom. The predicted octanol–water partition coefficient (Wildman–Crippen LogP) is 4.50. The van der Waals surface area contributed by atoms with Gasteiger partial charge in [0.15, 0.2) is 0 Å². The number of hydrogen-bond acceptors (Lipinski definition) is 4. The number of carbonyl (C=O) groups is 1. The van der Waals surface area contributed by atoms with Crippen molar-refractivity contribution in [2.24, 2.45) is 0 Å². The Morgan fingerprint density at radius 2 is 2.04 bits per heavy atom. The van der Waals surface area contributed by atoms with Crippen molar-refractivity contribution < 1.29 is 9.18 Å². The number of amides is 1. The molecule has 1 amide bonds. The summed E-state index contributed by atoms with van der Waals surface area (Å²) < 4.78 is 13.0. The van der Waals surface area contributed by atoms with Gasteiger partial charge in [-0.15, -0.1) is 5.10 Å². The molecule has 3 rings (SSSR count). The number of benzene rings is 2. The number of nitrogens with zero attached hydrogens (tertiary/aromatic N) is 2. The zero-order chi connectivity index (χ0) is 18.4. The molecule has 1 heterocycles. The maximum absolute atomic E-state index is 13.0. The third-order valence-corrected chi connectivity index (χ3v) is 4.41. The zero-order valence-corrected chi connectivity index (χ0v) is 15.0. The number of thioether (sulfide) groups is 1. The minimum atomic E-state index is -0.459. The highest BCUT2D eigenvalue weighted by molar-refractivity contribution is 7.99. The molecule has 132 valence electrons. The van der Waals surface area contributed by atoms with E-state index in [1.54, 1.807) is 0 Å². The third kappa shape index (κ3) is 5.18. The van der Waals surface area contributed by atoms with Crippen molar-refractivity contribution >= 4 is 47.1 Å². The molecule has 0 unspecified atom stereocenters. The van der Waals surface area contributed by atoms with Crippen molar-refractivity contribution in [1.82, 2.24) is 15.2 Å². The van der Waals surface area contributed by atoms with Crippen LogP contribution in [0.15, 0.2) is 53.7 Å². The lowest BCUT2D eigenvalue weighted by molar-refractivity contribution is -0.113. The lowest BCUT2D eigenvalue weighted by Gasteiger charge is -2.06. The molecular formula is C18H14ClFN4OS. The van der Waals surface area contributed by atoms with Gasteiger partial charge in [0.05, 0.1) is 16.5 Å². The summed E-state index contributed by atoms with van der Waals surface area (Å²) in [6.45, 7) is 0. The van der Waals surface area contributed by atoms with Gasteiger partial charge in [0.1, 0.15) is 11.6 Å². The molecule has 1 aromatic heterocycles. The van der Waals surface area contributed by atoms with Crippen LogP contribution in [0.4, 0.5) is 10.1 Å². The molecule has 0 saturated carbocycles. The SMILES string of the molecule is O=C(CSc1n[nH]c(/C=C/c2ccccc2)n1)Nc1ccc(F)cc1Cl. The molecule has 0 saturated heterocycles. The lowest BCUT2D eigenvalue weighted by Crippen LogP contribution is -2.14. The first kappa shape index (κ1) is 18.2. The van der Waals surface area contributed by atoms with Gasteiger partial charge in [-0.1, -0.05) is 59.8 Å². The molecule has 0 aliphatic rings. The molecule has 0 spiro atoms. The van der Waals surface area contributed by atoms with Gasteiger partial charge >= 0.3 is 0 Å². The second-order valence-corrected chi connectivity index (χ2v) is 6.56. The smallest absolute Gasteiger partial charge is 0.234 e. The van der Waals surface area contributed by atoms with E-state index in [4.69, 9.17) is 11.6 Å². The van der Waals surface area contributed by atoms with Crippen molar-refractivity contribution in [3.63, 3.8) is 0 Å².